The molecular weight excluding hydrogens is 348 g/mol. The first-order valence-electron chi connectivity index (χ1n) is 8.06. The predicted molar refractivity (Wildman–Crippen MR) is 100 cm³/mol. The van der Waals surface area contributed by atoms with Crippen LogP contribution < -0.4 is 10.0 Å². The molecule has 0 fully saturated rings. The number of hydrogen-bond acceptors (Lipinski definition) is 4. The van der Waals surface area contributed by atoms with E-state index in [1.165, 1.54) is 18.0 Å². The van der Waals surface area contributed by atoms with E-state index < -0.39 is 5.25 Å². The first-order valence-corrected chi connectivity index (χ1v) is 8.94. The van der Waals surface area contributed by atoms with Crippen LogP contribution in [0.2, 0.25) is 0 Å². The van der Waals surface area contributed by atoms with E-state index in [1.807, 2.05) is 30.3 Å². The average Bonchev–Trinajstić information content (AvgIpc) is 2.64. The molecule has 1 aromatic heterocycles. The quantitative estimate of drug-likeness (QED) is 0.278. The van der Waals surface area contributed by atoms with E-state index in [-0.39, 0.29) is 11.7 Å². The van der Waals surface area contributed by atoms with Crippen molar-refractivity contribution in [1.82, 2.24) is 0 Å². The molecule has 1 unspecified atom stereocenters. The molecule has 6 heteroatoms. The third-order valence-electron chi connectivity index (χ3n) is 3.85. The van der Waals surface area contributed by atoms with E-state index in [9.17, 15) is 15.1 Å². The van der Waals surface area contributed by atoms with Crippen molar-refractivity contribution in [2.45, 2.75) is 17.2 Å². The minimum Gasteiger partial charge on any atom is -0.508 e. The standard InChI is InChI=1S/C20H18N2O3S/c1-14-13-16(10-11-17(14)23)21-20(24)19(15-7-3-2-4-8-15)26-18-9-5-6-12-22(18)25/h2-13,19H,1H3,(H2-,21,23,24,25)/p+1. The molecule has 132 valence electrons. The van der Waals surface area contributed by atoms with Crippen LogP contribution in [0.5, 0.6) is 5.75 Å². The lowest BCUT2D eigenvalue weighted by atomic mass is 10.1. The lowest BCUT2D eigenvalue weighted by Gasteiger charge is -2.15. The van der Waals surface area contributed by atoms with Gasteiger partial charge in [0.25, 0.3) is 5.03 Å². The molecule has 3 aromatic rings. The van der Waals surface area contributed by atoms with Crippen molar-refractivity contribution >= 4 is 23.4 Å². The molecule has 0 aliphatic carbocycles. The molecular formula is C20H19N2O3S+. The number of amides is 1. The molecule has 0 saturated heterocycles. The van der Waals surface area contributed by atoms with Gasteiger partial charge >= 0.3 is 0 Å². The fourth-order valence-corrected chi connectivity index (χ4v) is 3.50. The number of phenols is 1. The summed E-state index contributed by atoms with van der Waals surface area (Å²) in [6, 6.07) is 19.6. The van der Waals surface area contributed by atoms with Gasteiger partial charge < -0.3 is 10.4 Å². The Morgan fingerprint density at radius 1 is 1.08 bits per heavy atom. The highest BCUT2D eigenvalue weighted by Gasteiger charge is 2.26. The number of anilines is 1. The summed E-state index contributed by atoms with van der Waals surface area (Å²) >= 11 is 1.25. The van der Waals surface area contributed by atoms with Crippen molar-refractivity contribution in [1.29, 1.82) is 0 Å². The van der Waals surface area contributed by atoms with Crippen molar-refractivity contribution in [2.24, 2.45) is 0 Å². The molecule has 3 N–H and O–H groups in total. The second-order valence-corrected chi connectivity index (χ2v) is 6.91. The summed E-state index contributed by atoms with van der Waals surface area (Å²) in [6.07, 6.45) is 1.52. The topological polar surface area (TPSA) is 73.4 Å². The number of benzene rings is 2. The summed E-state index contributed by atoms with van der Waals surface area (Å²) in [5.74, 6) is -0.0299. The van der Waals surface area contributed by atoms with Crippen LogP contribution in [-0.4, -0.2) is 16.2 Å². The van der Waals surface area contributed by atoms with Gasteiger partial charge in [0.1, 0.15) is 11.0 Å². The molecule has 0 spiro atoms. The third kappa shape index (κ3) is 4.15. The Morgan fingerprint density at radius 2 is 1.81 bits per heavy atom. The number of carbonyl (C=O) groups is 1. The molecule has 3 rings (SSSR count). The SMILES string of the molecule is Cc1cc(NC(=O)C(Sc2cccc[n+]2O)c2ccccc2)ccc1O. The number of nitrogens with one attached hydrogen (secondary N) is 1. The highest BCUT2D eigenvalue weighted by molar-refractivity contribution is 8.00. The van der Waals surface area contributed by atoms with Crippen LogP contribution in [0.25, 0.3) is 0 Å². The minimum atomic E-state index is -0.550. The van der Waals surface area contributed by atoms with Crippen LogP contribution in [0, 0.1) is 6.92 Å². The smallest absolute Gasteiger partial charge is 0.292 e. The van der Waals surface area contributed by atoms with Gasteiger partial charge in [-0.2, -0.15) is 0 Å². The highest BCUT2D eigenvalue weighted by Crippen LogP contribution is 2.34. The van der Waals surface area contributed by atoms with Crippen LogP contribution in [0.15, 0.2) is 78.0 Å². The lowest BCUT2D eigenvalue weighted by Crippen LogP contribution is -2.32. The zero-order chi connectivity index (χ0) is 18.5. The zero-order valence-electron chi connectivity index (χ0n) is 14.2. The van der Waals surface area contributed by atoms with E-state index in [2.05, 4.69) is 5.32 Å². The van der Waals surface area contributed by atoms with Crippen molar-refractivity contribution < 1.29 is 19.8 Å². The maximum Gasteiger partial charge on any atom is 0.292 e. The Morgan fingerprint density at radius 3 is 2.50 bits per heavy atom. The summed E-state index contributed by atoms with van der Waals surface area (Å²) in [7, 11) is 0. The number of nitrogens with zero attached hydrogens (tertiary/aromatic N) is 1. The number of thioether (sulfide) groups is 1. The van der Waals surface area contributed by atoms with E-state index in [0.717, 1.165) is 10.3 Å². The fourth-order valence-electron chi connectivity index (χ4n) is 2.47. The number of hydrogen-bond donors (Lipinski definition) is 3. The van der Waals surface area contributed by atoms with Crippen LogP contribution in [0.3, 0.4) is 0 Å². The molecule has 5 nitrogen and oxygen atoms in total. The maximum absolute atomic E-state index is 12.9. The van der Waals surface area contributed by atoms with E-state index in [0.29, 0.717) is 16.3 Å². The molecule has 1 heterocycles. The molecule has 2 aromatic carbocycles. The van der Waals surface area contributed by atoms with Crippen molar-refractivity contribution in [2.75, 3.05) is 5.32 Å². The van der Waals surface area contributed by atoms with Gasteiger partial charge in [-0.05, 0) is 54.1 Å². The first-order chi connectivity index (χ1) is 12.5. The van der Waals surface area contributed by atoms with Gasteiger partial charge in [0.15, 0.2) is 0 Å². The number of pyridine rings is 1. The monoisotopic (exact) mass is 367 g/mol. The number of carbonyl (C=O) groups excluding carboxylic acids is 1. The maximum atomic E-state index is 12.9. The Labute approximate surface area is 155 Å². The molecule has 0 radical (unpaired) electrons. The Hall–Kier alpha value is -2.99. The summed E-state index contributed by atoms with van der Waals surface area (Å²) in [6.45, 7) is 1.77. The predicted octanol–water partition coefficient (Wildman–Crippen LogP) is 3.70. The second kappa shape index (κ2) is 7.93. The number of phenolic OH excluding ortho intramolecular Hbond substituents is 1. The van der Waals surface area contributed by atoms with Crippen LogP contribution in [-0.2, 0) is 4.79 Å². The number of aromatic hydroxyl groups is 1. The Balaban J connectivity index is 1.88. The van der Waals surface area contributed by atoms with Gasteiger partial charge in [-0.3, -0.25) is 10.0 Å². The van der Waals surface area contributed by atoms with Gasteiger partial charge in [-0.15, -0.1) is 0 Å². The normalized spacial score (nSPS) is 11.7. The van der Waals surface area contributed by atoms with Gasteiger partial charge in [-0.25, -0.2) is 0 Å². The summed E-state index contributed by atoms with van der Waals surface area (Å²) in [5, 5.41) is 22.5. The van der Waals surface area contributed by atoms with E-state index in [4.69, 9.17) is 0 Å². The number of aromatic nitrogens is 1. The summed E-state index contributed by atoms with van der Waals surface area (Å²) in [4.78, 5) is 12.9. The van der Waals surface area contributed by atoms with Gasteiger partial charge in [0.05, 0.1) is 0 Å². The lowest BCUT2D eigenvalue weighted by molar-refractivity contribution is -0.932. The Kier molecular flexibility index (Phi) is 5.43. The van der Waals surface area contributed by atoms with Gasteiger partial charge in [0, 0.05) is 22.6 Å². The van der Waals surface area contributed by atoms with Crippen molar-refractivity contribution in [3.05, 3.63) is 84.1 Å². The van der Waals surface area contributed by atoms with E-state index >= 15 is 0 Å². The zero-order valence-corrected chi connectivity index (χ0v) is 15.0. The van der Waals surface area contributed by atoms with Crippen molar-refractivity contribution in [3.8, 4) is 5.75 Å². The number of aryl methyl sites for hydroxylation is 1. The number of rotatable bonds is 5. The average molecular weight is 367 g/mol. The summed E-state index contributed by atoms with van der Waals surface area (Å²) in [5.41, 5.74) is 2.12. The van der Waals surface area contributed by atoms with Crippen LogP contribution >= 0.6 is 11.8 Å². The van der Waals surface area contributed by atoms with E-state index in [1.54, 1.807) is 43.3 Å². The van der Waals surface area contributed by atoms with Gasteiger partial charge in [-0.1, -0.05) is 30.3 Å². The Bertz CT molecular complexity index is 916. The third-order valence-corrected chi connectivity index (χ3v) is 5.13. The molecule has 0 saturated carbocycles. The largest absolute Gasteiger partial charge is 0.508 e. The first kappa shape index (κ1) is 17.8. The molecule has 26 heavy (non-hydrogen) atoms. The second-order valence-electron chi connectivity index (χ2n) is 5.78. The molecule has 1 atom stereocenters. The molecule has 1 amide bonds. The molecule has 0 bridgehead atoms. The summed E-state index contributed by atoms with van der Waals surface area (Å²) < 4.78 is 0.999. The van der Waals surface area contributed by atoms with Crippen LogP contribution in [0.4, 0.5) is 5.69 Å². The van der Waals surface area contributed by atoms with Gasteiger partial charge in [0.2, 0.25) is 12.1 Å². The van der Waals surface area contributed by atoms with Crippen LogP contribution in [0.1, 0.15) is 16.4 Å². The molecule has 0 aliphatic rings. The van der Waals surface area contributed by atoms with Crippen molar-refractivity contribution in [3.63, 3.8) is 0 Å². The highest BCUT2D eigenvalue weighted by atomic mass is 32.2. The molecule has 0 aliphatic heterocycles. The fraction of sp³-hybridized carbons (Fsp3) is 0.100. The minimum absolute atomic E-state index is 0.183.